The molecular formula is C10H10N5O2S+. The Morgan fingerprint density at radius 3 is 2.89 bits per heavy atom. The van der Waals surface area contributed by atoms with Crippen LogP contribution in [0.15, 0.2) is 29.6 Å². The minimum absolute atomic E-state index is 0.0277. The quantitative estimate of drug-likeness (QED) is 0.304. The van der Waals surface area contributed by atoms with Crippen molar-refractivity contribution in [1.29, 1.82) is 0 Å². The van der Waals surface area contributed by atoms with E-state index in [2.05, 4.69) is 9.98 Å². The van der Waals surface area contributed by atoms with E-state index in [4.69, 9.17) is 11.5 Å². The highest BCUT2D eigenvalue weighted by atomic mass is 32.1. The third-order valence-electron chi connectivity index (χ3n) is 2.11. The van der Waals surface area contributed by atoms with Crippen LogP contribution in [0, 0.1) is 10.1 Å². The van der Waals surface area contributed by atoms with Crippen molar-refractivity contribution in [2.45, 2.75) is 0 Å². The summed E-state index contributed by atoms with van der Waals surface area (Å²) >= 11 is 1.31. The normalized spacial score (nSPS) is 10.0. The third-order valence-corrected chi connectivity index (χ3v) is 2.87. The first kappa shape index (κ1) is 12.0. The van der Waals surface area contributed by atoms with Crippen LogP contribution in [-0.4, -0.2) is 15.9 Å². The summed E-state index contributed by atoms with van der Waals surface area (Å²) < 4.78 is 0. The van der Waals surface area contributed by atoms with Crippen LogP contribution in [0.3, 0.4) is 0 Å². The Labute approximate surface area is 106 Å². The van der Waals surface area contributed by atoms with Crippen molar-refractivity contribution in [2.24, 2.45) is 11.5 Å². The van der Waals surface area contributed by atoms with Gasteiger partial charge in [0.05, 0.1) is 4.92 Å². The molecule has 1 aromatic carbocycles. The van der Waals surface area contributed by atoms with E-state index >= 15 is 0 Å². The predicted molar refractivity (Wildman–Crippen MR) is 68.2 cm³/mol. The van der Waals surface area contributed by atoms with Crippen molar-refractivity contribution >= 4 is 28.1 Å². The summed E-state index contributed by atoms with van der Waals surface area (Å²) in [6.07, 6.45) is 0. The monoisotopic (exact) mass is 264 g/mol. The highest BCUT2D eigenvalue weighted by Gasteiger charge is 2.11. The first-order valence-corrected chi connectivity index (χ1v) is 5.79. The fourth-order valence-electron chi connectivity index (χ4n) is 1.37. The van der Waals surface area contributed by atoms with E-state index in [9.17, 15) is 10.1 Å². The minimum Gasteiger partial charge on any atom is -0.311 e. The molecule has 0 amide bonds. The molecule has 7 nitrogen and oxygen atoms in total. The molecule has 0 bridgehead atoms. The fraction of sp³-hybridized carbons (Fsp3) is 0. The van der Waals surface area contributed by atoms with Gasteiger partial charge in [-0.2, -0.15) is 0 Å². The van der Waals surface area contributed by atoms with Gasteiger partial charge in [0.15, 0.2) is 0 Å². The van der Waals surface area contributed by atoms with Crippen LogP contribution in [0.5, 0.6) is 0 Å². The van der Waals surface area contributed by atoms with Gasteiger partial charge in [0.25, 0.3) is 10.8 Å². The van der Waals surface area contributed by atoms with Gasteiger partial charge in [0.1, 0.15) is 5.69 Å². The summed E-state index contributed by atoms with van der Waals surface area (Å²) in [6, 6.07) is 6.26. The Morgan fingerprint density at radius 2 is 2.22 bits per heavy atom. The number of guanidine groups is 1. The van der Waals surface area contributed by atoms with Crippen molar-refractivity contribution in [3.8, 4) is 11.3 Å². The number of rotatable bonds is 3. The van der Waals surface area contributed by atoms with Crippen molar-refractivity contribution < 1.29 is 9.92 Å². The van der Waals surface area contributed by atoms with Crippen molar-refractivity contribution in [2.75, 3.05) is 0 Å². The number of hydrogen-bond donors (Lipinski definition) is 3. The number of nitrogens with two attached hydrogens (primary N) is 2. The fourth-order valence-corrected chi connectivity index (χ4v) is 2.11. The number of nitrogens with zero attached hydrogens (tertiary/aromatic N) is 2. The molecule has 0 aliphatic heterocycles. The van der Waals surface area contributed by atoms with E-state index < -0.39 is 4.92 Å². The SMILES string of the molecule is NC(N)=[NH+]c1nc(-c2cccc([N+](=O)[O-])c2)cs1. The van der Waals surface area contributed by atoms with Gasteiger partial charge in [-0.1, -0.05) is 23.5 Å². The zero-order valence-electron chi connectivity index (χ0n) is 9.16. The lowest BCUT2D eigenvalue weighted by Gasteiger charge is -1.94. The smallest absolute Gasteiger partial charge is 0.303 e. The lowest BCUT2D eigenvalue weighted by molar-refractivity contribution is -0.384. The highest BCUT2D eigenvalue weighted by Crippen LogP contribution is 2.25. The van der Waals surface area contributed by atoms with Crippen LogP contribution >= 0.6 is 11.3 Å². The Kier molecular flexibility index (Phi) is 3.20. The first-order chi connectivity index (χ1) is 8.56. The van der Waals surface area contributed by atoms with Gasteiger partial charge in [-0.15, -0.1) is 4.98 Å². The van der Waals surface area contributed by atoms with Gasteiger partial charge >= 0.3 is 5.96 Å². The summed E-state index contributed by atoms with van der Waals surface area (Å²) in [5.74, 6) is 0.0509. The Hall–Kier alpha value is -2.48. The van der Waals surface area contributed by atoms with Gasteiger partial charge in [-0.05, 0) is 0 Å². The molecule has 1 aromatic heterocycles. The molecule has 0 aliphatic rings. The second-order valence-corrected chi connectivity index (χ2v) is 4.28. The summed E-state index contributed by atoms with van der Waals surface area (Å²) in [5, 5.41) is 13.0. The van der Waals surface area contributed by atoms with Gasteiger partial charge in [0, 0.05) is 23.1 Å². The second-order valence-electron chi connectivity index (χ2n) is 3.43. The molecule has 0 aliphatic carbocycles. The molecule has 5 N–H and O–H groups in total. The maximum Gasteiger partial charge on any atom is 0.303 e. The molecule has 18 heavy (non-hydrogen) atoms. The van der Waals surface area contributed by atoms with E-state index in [0.717, 1.165) is 0 Å². The van der Waals surface area contributed by atoms with Crippen molar-refractivity contribution in [3.63, 3.8) is 0 Å². The predicted octanol–water partition coefficient (Wildman–Crippen LogP) is -0.296. The summed E-state index contributed by atoms with van der Waals surface area (Å²) in [6.45, 7) is 0. The Morgan fingerprint density at radius 1 is 1.44 bits per heavy atom. The molecule has 0 fully saturated rings. The number of hydrogen-bond acceptors (Lipinski definition) is 4. The van der Waals surface area contributed by atoms with E-state index in [1.54, 1.807) is 17.5 Å². The molecular weight excluding hydrogens is 254 g/mol. The van der Waals surface area contributed by atoms with Crippen LogP contribution < -0.4 is 16.5 Å². The van der Waals surface area contributed by atoms with Gasteiger partial charge in [-0.3, -0.25) is 10.1 Å². The van der Waals surface area contributed by atoms with Gasteiger partial charge in [-0.25, -0.2) is 4.99 Å². The van der Waals surface area contributed by atoms with Gasteiger partial charge < -0.3 is 11.5 Å². The Bertz CT molecular complexity index is 618. The molecule has 0 unspecified atom stereocenters. The lowest BCUT2D eigenvalue weighted by atomic mass is 10.1. The van der Waals surface area contributed by atoms with E-state index in [-0.39, 0.29) is 11.6 Å². The number of aromatic nitrogens is 1. The molecule has 1 heterocycles. The molecule has 0 atom stereocenters. The largest absolute Gasteiger partial charge is 0.311 e. The van der Waals surface area contributed by atoms with E-state index in [0.29, 0.717) is 16.4 Å². The topological polar surface area (TPSA) is 122 Å². The average molecular weight is 264 g/mol. The minimum atomic E-state index is -0.444. The molecule has 2 rings (SSSR count). The molecule has 8 heteroatoms. The lowest BCUT2D eigenvalue weighted by Crippen LogP contribution is -2.72. The molecule has 0 spiro atoms. The average Bonchev–Trinajstić information content (AvgIpc) is 2.77. The number of nitro groups is 1. The maximum absolute atomic E-state index is 10.7. The van der Waals surface area contributed by atoms with Crippen LogP contribution in [-0.2, 0) is 0 Å². The second kappa shape index (κ2) is 4.80. The molecule has 0 saturated heterocycles. The molecule has 2 aromatic rings. The summed E-state index contributed by atoms with van der Waals surface area (Å²) in [7, 11) is 0. The number of nitrogens with one attached hydrogen (secondary N) is 1. The number of thiazole rings is 1. The van der Waals surface area contributed by atoms with Crippen LogP contribution in [0.1, 0.15) is 0 Å². The van der Waals surface area contributed by atoms with Crippen LogP contribution in [0.2, 0.25) is 0 Å². The zero-order valence-corrected chi connectivity index (χ0v) is 9.98. The number of nitro benzene ring substituents is 1. The maximum atomic E-state index is 10.7. The van der Waals surface area contributed by atoms with Crippen LogP contribution in [0.25, 0.3) is 11.3 Å². The van der Waals surface area contributed by atoms with Crippen LogP contribution in [0.4, 0.5) is 10.8 Å². The number of benzene rings is 1. The van der Waals surface area contributed by atoms with Gasteiger partial charge in [0.2, 0.25) is 0 Å². The molecule has 0 radical (unpaired) electrons. The zero-order chi connectivity index (χ0) is 13.1. The molecule has 0 saturated carbocycles. The summed E-state index contributed by atoms with van der Waals surface area (Å²) in [4.78, 5) is 17.1. The van der Waals surface area contributed by atoms with E-state index in [1.807, 2.05) is 0 Å². The molecule has 92 valence electrons. The number of non-ortho nitro benzene ring substituents is 1. The van der Waals surface area contributed by atoms with E-state index in [1.165, 1.54) is 23.5 Å². The van der Waals surface area contributed by atoms with Crippen molar-refractivity contribution in [3.05, 3.63) is 39.8 Å². The standard InChI is InChI=1S/C10H9N5O2S/c11-9(12)14-10-13-8(5-18-10)6-2-1-3-7(4-6)15(16)17/h1-5H,(H4,11,12,13,14)/p+1. The first-order valence-electron chi connectivity index (χ1n) is 4.91. The summed E-state index contributed by atoms with van der Waals surface area (Å²) in [5.41, 5.74) is 11.9. The van der Waals surface area contributed by atoms with Crippen molar-refractivity contribution in [1.82, 2.24) is 4.98 Å². The highest BCUT2D eigenvalue weighted by molar-refractivity contribution is 7.13. The third kappa shape index (κ3) is 2.61. The Balaban J connectivity index is 2.37.